The van der Waals surface area contributed by atoms with Crippen LogP contribution < -0.4 is 9.64 Å². The largest absolute Gasteiger partial charge is 0.498 e. The van der Waals surface area contributed by atoms with E-state index in [1.807, 2.05) is 77.4 Å². The van der Waals surface area contributed by atoms with Crippen molar-refractivity contribution in [1.29, 1.82) is 0 Å². The number of aromatic nitrogens is 4. The number of ether oxygens (including phenoxy) is 2. The predicted octanol–water partition coefficient (Wildman–Crippen LogP) is 4.57. The van der Waals surface area contributed by atoms with Crippen LogP contribution in [0.3, 0.4) is 0 Å². The van der Waals surface area contributed by atoms with Crippen molar-refractivity contribution in [2.75, 3.05) is 18.1 Å². The third-order valence-corrected chi connectivity index (χ3v) is 5.28. The van der Waals surface area contributed by atoms with E-state index in [0.29, 0.717) is 18.2 Å². The van der Waals surface area contributed by atoms with Gasteiger partial charge in [0.15, 0.2) is 0 Å². The first-order chi connectivity index (χ1) is 15.2. The number of hydrogen-bond donors (Lipinski definition) is 0. The SMILES string of the molecule is Cn1cc(-c2ccccc2)nc1COc1nc(N2C=COCC2)c2cc(Cl)ccc2n1. The Morgan fingerprint density at radius 1 is 1.10 bits per heavy atom. The smallest absolute Gasteiger partial charge is 0.319 e. The summed E-state index contributed by atoms with van der Waals surface area (Å²) < 4.78 is 13.2. The van der Waals surface area contributed by atoms with E-state index < -0.39 is 0 Å². The number of aryl methyl sites for hydroxylation is 1. The van der Waals surface area contributed by atoms with Gasteiger partial charge in [-0.15, -0.1) is 0 Å². The minimum absolute atomic E-state index is 0.251. The van der Waals surface area contributed by atoms with E-state index in [2.05, 4.69) is 9.97 Å². The Morgan fingerprint density at radius 3 is 2.77 bits per heavy atom. The van der Waals surface area contributed by atoms with Gasteiger partial charge in [0.25, 0.3) is 0 Å². The minimum atomic E-state index is 0.251. The van der Waals surface area contributed by atoms with Crippen molar-refractivity contribution in [3.63, 3.8) is 0 Å². The Bertz CT molecular complexity index is 1260. The third kappa shape index (κ3) is 4.04. The maximum atomic E-state index is 6.22. The Hall–Kier alpha value is -3.58. The summed E-state index contributed by atoms with van der Waals surface area (Å²) >= 11 is 6.22. The fourth-order valence-electron chi connectivity index (χ4n) is 3.45. The molecule has 0 amide bonds. The number of hydrogen-bond acceptors (Lipinski definition) is 6. The molecule has 156 valence electrons. The van der Waals surface area contributed by atoms with Crippen molar-refractivity contribution in [2.24, 2.45) is 7.05 Å². The van der Waals surface area contributed by atoms with Gasteiger partial charge in [0.2, 0.25) is 0 Å². The molecule has 0 unspecified atom stereocenters. The van der Waals surface area contributed by atoms with E-state index in [1.165, 1.54) is 0 Å². The van der Waals surface area contributed by atoms with E-state index >= 15 is 0 Å². The second kappa shape index (κ2) is 8.28. The zero-order valence-electron chi connectivity index (χ0n) is 16.9. The summed E-state index contributed by atoms with van der Waals surface area (Å²) in [6.07, 6.45) is 5.49. The first kappa shape index (κ1) is 19.4. The molecule has 0 fully saturated rings. The second-order valence-electron chi connectivity index (χ2n) is 7.15. The average molecular weight is 434 g/mol. The van der Waals surface area contributed by atoms with Gasteiger partial charge in [0.1, 0.15) is 24.9 Å². The standard InChI is InChI=1S/C23H20ClN5O2/c1-28-14-20(16-5-3-2-4-6-16)25-21(28)15-31-23-26-19-8-7-17(24)13-18(19)22(27-23)29-9-11-30-12-10-29/h2-9,11,13-14H,10,12,15H2,1H3. The summed E-state index contributed by atoms with van der Waals surface area (Å²) in [6.45, 7) is 1.50. The lowest BCUT2D eigenvalue weighted by atomic mass is 10.2. The molecule has 31 heavy (non-hydrogen) atoms. The van der Waals surface area contributed by atoms with Gasteiger partial charge < -0.3 is 18.9 Å². The lowest BCUT2D eigenvalue weighted by Gasteiger charge is -2.24. The molecule has 5 rings (SSSR count). The Morgan fingerprint density at radius 2 is 1.97 bits per heavy atom. The molecule has 0 bridgehead atoms. The lowest BCUT2D eigenvalue weighted by molar-refractivity contribution is 0.244. The molecule has 0 spiro atoms. The molecule has 0 saturated carbocycles. The van der Waals surface area contributed by atoms with Crippen LogP contribution in [-0.4, -0.2) is 32.7 Å². The zero-order valence-corrected chi connectivity index (χ0v) is 17.7. The van der Waals surface area contributed by atoms with E-state index in [-0.39, 0.29) is 12.6 Å². The van der Waals surface area contributed by atoms with E-state index in [4.69, 9.17) is 26.1 Å². The summed E-state index contributed by atoms with van der Waals surface area (Å²) in [5, 5.41) is 1.49. The fourth-order valence-corrected chi connectivity index (χ4v) is 3.62. The van der Waals surface area contributed by atoms with Gasteiger partial charge in [-0.1, -0.05) is 41.9 Å². The average Bonchev–Trinajstić information content (AvgIpc) is 3.19. The molecule has 0 atom stereocenters. The van der Waals surface area contributed by atoms with Crippen molar-refractivity contribution in [3.8, 4) is 17.3 Å². The number of anilines is 1. The van der Waals surface area contributed by atoms with Gasteiger partial charge in [0.05, 0.1) is 24.0 Å². The molecular formula is C23H20ClN5O2. The predicted molar refractivity (Wildman–Crippen MR) is 120 cm³/mol. The molecule has 8 heteroatoms. The van der Waals surface area contributed by atoms with Gasteiger partial charge in [-0.05, 0) is 18.2 Å². The molecule has 1 aliphatic rings. The van der Waals surface area contributed by atoms with Crippen molar-refractivity contribution in [3.05, 3.63) is 78.0 Å². The van der Waals surface area contributed by atoms with Crippen LogP contribution in [0.1, 0.15) is 5.82 Å². The van der Waals surface area contributed by atoms with Crippen LogP contribution in [0, 0.1) is 0 Å². The summed E-state index contributed by atoms with van der Waals surface area (Å²) in [5.41, 5.74) is 2.72. The summed E-state index contributed by atoms with van der Waals surface area (Å²) in [4.78, 5) is 15.9. The highest BCUT2D eigenvalue weighted by Crippen LogP contribution is 2.30. The quantitative estimate of drug-likeness (QED) is 0.459. The highest BCUT2D eigenvalue weighted by Gasteiger charge is 2.17. The molecule has 0 N–H and O–H groups in total. The Balaban J connectivity index is 1.45. The molecule has 2 aromatic carbocycles. The molecule has 2 aromatic heterocycles. The fraction of sp³-hybridized carbons (Fsp3) is 0.174. The van der Waals surface area contributed by atoms with E-state index in [1.54, 1.807) is 6.26 Å². The van der Waals surface area contributed by atoms with Crippen LogP contribution in [0.15, 0.2) is 67.2 Å². The Kier molecular flexibility index (Phi) is 5.18. The first-order valence-electron chi connectivity index (χ1n) is 9.90. The first-order valence-corrected chi connectivity index (χ1v) is 10.3. The maximum absolute atomic E-state index is 6.22. The molecule has 7 nitrogen and oxygen atoms in total. The van der Waals surface area contributed by atoms with Crippen molar-refractivity contribution < 1.29 is 9.47 Å². The van der Waals surface area contributed by atoms with Crippen molar-refractivity contribution >= 4 is 28.3 Å². The van der Waals surface area contributed by atoms with Crippen LogP contribution in [0.2, 0.25) is 5.02 Å². The second-order valence-corrected chi connectivity index (χ2v) is 7.59. The van der Waals surface area contributed by atoms with E-state index in [0.717, 1.165) is 33.8 Å². The number of fused-ring (bicyclic) bond motifs is 1. The van der Waals surface area contributed by atoms with Crippen molar-refractivity contribution in [2.45, 2.75) is 6.61 Å². The highest BCUT2D eigenvalue weighted by atomic mass is 35.5. The van der Waals surface area contributed by atoms with Crippen molar-refractivity contribution in [1.82, 2.24) is 19.5 Å². The molecule has 0 aliphatic carbocycles. The van der Waals surface area contributed by atoms with Crippen LogP contribution in [-0.2, 0) is 18.4 Å². The van der Waals surface area contributed by atoms with Gasteiger partial charge in [-0.2, -0.15) is 9.97 Å². The number of rotatable bonds is 5. The Labute approximate surface area is 184 Å². The third-order valence-electron chi connectivity index (χ3n) is 5.05. The molecule has 3 heterocycles. The molecule has 0 radical (unpaired) electrons. The molecule has 1 aliphatic heterocycles. The summed E-state index contributed by atoms with van der Waals surface area (Å²) in [6, 6.07) is 15.9. The lowest BCUT2D eigenvalue weighted by Crippen LogP contribution is -2.25. The molecule has 4 aromatic rings. The molecular weight excluding hydrogens is 414 g/mol. The zero-order chi connectivity index (χ0) is 21.2. The monoisotopic (exact) mass is 433 g/mol. The number of imidazole rings is 1. The summed E-state index contributed by atoms with van der Waals surface area (Å²) in [7, 11) is 1.95. The summed E-state index contributed by atoms with van der Waals surface area (Å²) in [5.74, 6) is 1.51. The van der Waals surface area contributed by atoms with Crippen LogP contribution in [0.25, 0.3) is 22.2 Å². The van der Waals surface area contributed by atoms with Crippen LogP contribution in [0.5, 0.6) is 6.01 Å². The van der Waals surface area contributed by atoms with Gasteiger partial charge in [-0.3, -0.25) is 0 Å². The molecule has 0 saturated heterocycles. The van der Waals surface area contributed by atoms with Gasteiger partial charge in [-0.25, -0.2) is 4.98 Å². The minimum Gasteiger partial charge on any atom is -0.498 e. The van der Waals surface area contributed by atoms with Crippen LogP contribution >= 0.6 is 11.6 Å². The number of benzene rings is 2. The van der Waals surface area contributed by atoms with E-state index in [9.17, 15) is 0 Å². The van der Waals surface area contributed by atoms with Crippen LogP contribution in [0.4, 0.5) is 5.82 Å². The highest BCUT2D eigenvalue weighted by molar-refractivity contribution is 6.31. The topological polar surface area (TPSA) is 65.3 Å². The van der Waals surface area contributed by atoms with Gasteiger partial charge >= 0.3 is 6.01 Å². The number of nitrogens with zero attached hydrogens (tertiary/aromatic N) is 5. The normalized spacial score (nSPS) is 13.4. The maximum Gasteiger partial charge on any atom is 0.319 e. The number of halogens is 1. The van der Waals surface area contributed by atoms with Gasteiger partial charge in [0, 0.05) is 35.4 Å².